The third kappa shape index (κ3) is 3.82. The Morgan fingerprint density at radius 1 is 1.40 bits per heavy atom. The molecule has 1 aliphatic rings. The molecular weight excluding hydrogens is 188 g/mol. The van der Waals surface area contributed by atoms with Crippen LogP contribution in [0.15, 0.2) is 0 Å². The van der Waals surface area contributed by atoms with E-state index in [-0.39, 0.29) is 5.54 Å². The van der Waals surface area contributed by atoms with Crippen LogP contribution in [0.5, 0.6) is 0 Å². The van der Waals surface area contributed by atoms with Crippen molar-refractivity contribution in [3.8, 4) is 0 Å². The molecule has 0 aromatic rings. The van der Waals surface area contributed by atoms with Gasteiger partial charge in [-0.1, -0.05) is 6.92 Å². The van der Waals surface area contributed by atoms with Gasteiger partial charge in [0.25, 0.3) is 0 Å². The number of rotatable bonds is 3. The van der Waals surface area contributed by atoms with Gasteiger partial charge in [-0.25, -0.2) is 0 Å². The largest absolute Gasteiger partial charge is 0.343 e. The summed E-state index contributed by atoms with van der Waals surface area (Å²) in [6.07, 6.45) is 2.91. The summed E-state index contributed by atoms with van der Waals surface area (Å²) in [7, 11) is 1.91. The fourth-order valence-electron chi connectivity index (χ4n) is 1.84. The highest BCUT2D eigenvalue weighted by Crippen LogP contribution is 2.18. The molecule has 1 amide bonds. The number of piperidine rings is 1. The SMILES string of the molecule is CNC(C)(C)CC(=O)N1CCC(C)CC1. The molecule has 0 aliphatic carbocycles. The minimum Gasteiger partial charge on any atom is -0.343 e. The Balaban J connectivity index is 2.41. The van der Waals surface area contributed by atoms with E-state index >= 15 is 0 Å². The van der Waals surface area contributed by atoms with Crippen molar-refractivity contribution in [2.75, 3.05) is 20.1 Å². The van der Waals surface area contributed by atoms with Crippen LogP contribution < -0.4 is 5.32 Å². The molecular formula is C12H24N2O. The second kappa shape index (κ2) is 4.97. The zero-order valence-electron chi connectivity index (χ0n) is 10.5. The van der Waals surface area contributed by atoms with Gasteiger partial charge >= 0.3 is 0 Å². The summed E-state index contributed by atoms with van der Waals surface area (Å²) in [4.78, 5) is 14.0. The van der Waals surface area contributed by atoms with E-state index in [0.29, 0.717) is 12.3 Å². The molecule has 0 atom stereocenters. The first-order valence-corrected chi connectivity index (χ1v) is 5.91. The van der Waals surface area contributed by atoms with Crippen molar-refractivity contribution in [3.63, 3.8) is 0 Å². The monoisotopic (exact) mass is 212 g/mol. The van der Waals surface area contributed by atoms with E-state index in [2.05, 4.69) is 26.1 Å². The minimum absolute atomic E-state index is 0.0832. The molecule has 0 aromatic carbocycles. The van der Waals surface area contributed by atoms with Gasteiger partial charge < -0.3 is 10.2 Å². The summed E-state index contributed by atoms with van der Waals surface area (Å²) in [5.74, 6) is 1.08. The standard InChI is InChI=1S/C12H24N2O/c1-10-5-7-14(8-6-10)11(15)9-12(2,3)13-4/h10,13H,5-9H2,1-4H3. The third-order valence-electron chi connectivity index (χ3n) is 3.41. The Hall–Kier alpha value is -0.570. The topological polar surface area (TPSA) is 32.3 Å². The molecule has 1 rings (SSSR count). The molecule has 0 unspecified atom stereocenters. The quantitative estimate of drug-likeness (QED) is 0.771. The van der Waals surface area contributed by atoms with Crippen LogP contribution in [0.25, 0.3) is 0 Å². The van der Waals surface area contributed by atoms with Crippen molar-refractivity contribution < 1.29 is 4.79 Å². The third-order valence-corrected chi connectivity index (χ3v) is 3.41. The van der Waals surface area contributed by atoms with Gasteiger partial charge in [-0.2, -0.15) is 0 Å². The molecule has 0 bridgehead atoms. The van der Waals surface area contributed by atoms with E-state index in [1.165, 1.54) is 0 Å². The second-order valence-corrected chi connectivity index (χ2v) is 5.37. The fourth-order valence-corrected chi connectivity index (χ4v) is 1.84. The number of carbonyl (C=O) groups excluding carboxylic acids is 1. The Bertz CT molecular complexity index is 218. The maximum absolute atomic E-state index is 12.0. The first-order valence-electron chi connectivity index (χ1n) is 5.91. The molecule has 0 spiro atoms. The number of carbonyl (C=O) groups is 1. The van der Waals surface area contributed by atoms with E-state index in [0.717, 1.165) is 31.8 Å². The van der Waals surface area contributed by atoms with Crippen molar-refractivity contribution in [2.45, 2.75) is 45.6 Å². The van der Waals surface area contributed by atoms with Gasteiger partial charge in [0.05, 0.1) is 0 Å². The van der Waals surface area contributed by atoms with Gasteiger partial charge in [-0.05, 0) is 39.7 Å². The van der Waals surface area contributed by atoms with Crippen LogP contribution in [0.2, 0.25) is 0 Å². The van der Waals surface area contributed by atoms with Gasteiger partial charge in [-0.3, -0.25) is 4.79 Å². The van der Waals surface area contributed by atoms with Crippen molar-refractivity contribution in [1.29, 1.82) is 0 Å². The average Bonchev–Trinajstić information content (AvgIpc) is 2.18. The van der Waals surface area contributed by atoms with Crippen LogP contribution in [0.3, 0.4) is 0 Å². The zero-order chi connectivity index (χ0) is 11.5. The molecule has 1 aliphatic heterocycles. The Kier molecular flexibility index (Phi) is 4.14. The maximum Gasteiger partial charge on any atom is 0.224 e. The minimum atomic E-state index is -0.0832. The van der Waals surface area contributed by atoms with Crippen molar-refractivity contribution in [3.05, 3.63) is 0 Å². The molecule has 1 heterocycles. The van der Waals surface area contributed by atoms with E-state index in [4.69, 9.17) is 0 Å². The van der Waals surface area contributed by atoms with E-state index < -0.39 is 0 Å². The smallest absolute Gasteiger partial charge is 0.224 e. The molecule has 3 nitrogen and oxygen atoms in total. The van der Waals surface area contributed by atoms with Gasteiger partial charge in [0, 0.05) is 25.0 Å². The number of nitrogens with one attached hydrogen (secondary N) is 1. The first-order chi connectivity index (χ1) is 6.94. The molecule has 15 heavy (non-hydrogen) atoms. The number of hydrogen-bond donors (Lipinski definition) is 1. The number of hydrogen-bond acceptors (Lipinski definition) is 2. The van der Waals surface area contributed by atoms with E-state index in [1.54, 1.807) is 0 Å². The summed E-state index contributed by atoms with van der Waals surface area (Å²) < 4.78 is 0. The lowest BCUT2D eigenvalue weighted by Crippen LogP contribution is -2.45. The van der Waals surface area contributed by atoms with Crippen molar-refractivity contribution in [2.24, 2.45) is 5.92 Å². The van der Waals surface area contributed by atoms with Crippen molar-refractivity contribution >= 4 is 5.91 Å². The van der Waals surface area contributed by atoms with Gasteiger partial charge in [-0.15, -0.1) is 0 Å². The normalized spacial score (nSPS) is 19.3. The maximum atomic E-state index is 12.0. The van der Waals surface area contributed by atoms with Gasteiger partial charge in [0.15, 0.2) is 0 Å². The predicted octanol–water partition coefficient (Wildman–Crippen LogP) is 1.63. The summed E-state index contributed by atoms with van der Waals surface area (Å²) in [6.45, 7) is 8.29. The number of likely N-dealkylation sites (tertiary alicyclic amines) is 1. The zero-order valence-corrected chi connectivity index (χ0v) is 10.5. The number of amides is 1. The molecule has 0 aromatic heterocycles. The van der Waals surface area contributed by atoms with E-state index in [9.17, 15) is 4.79 Å². The highest BCUT2D eigenvalue weighted by Gasteiger charge is 2.25. The highest BCUT2D eigenvalue weighted by atomic mass is 16.2. The molecule has 88 valence electrons. The van der Waals surface area contributed by atoms with Crippen LogP contribution in [0.4, 0.5) is 0 Å². The van der Waals surface area contributed by atoms with Crippen molar-refractivity contribution in [1.82, 2.24) is 10.2 Å². The lowest BCUT2D eigenvalue weighted by molar-refractivity contribution is -0.133. The Morgan fingerprint density at radius 3 is 2.40 bits per heavy atom. The summed E-state index contributed by atoms with van der Waals surface area (Å²) in [5, 5.41) is 3.17. The molecule has 0 radical (unpaired) electrons. The Morgan fingerprint density at radius 2 is 1.93 bits per heavy atom. The van der Waals surface area contributed by atoms with Crippen LogP contribution >= 0.6 is 0 Å². The second-order valence-electron chi connectivity index (χ2n) is 5.37. The lowest BCUT2D eigenvalue weighted by Gasteiger charge is -2.33. The Labute approximate surface area is 93.2 Å². The predicted molar refractivity (Wildman–Crippen MR) is 62.7 cm³/mol. The average molecular weight is 212 g/mol. The van der Waals surface area contributed by atoms with Gasteiger partial charge in [0.2, 0.25) is 5.91 Å². The fraction of sp³-hybridized carbons (Fsp3) is 0.917. The lowest BCUT2D eigenvalue weighted by atomic mass is 9.96. The molecule has 0 saturated carbocycles. The van der Waals surface area contributed by atoms with Gasteiger partial charge in [0.1, 0.15) is 0 Å². The number of nitrogens with zero attached hydrogens (tertiary/aromatic N) is 1. The summed E-state index contributed by atoms with van der Waals surface area (Å²) in [6, 6.07) is 0. The molecule has 1 fully saturated rings. The first kappa shape index (κ1) is 12.5. The molecule has 3 heteroatoms. The van der Waals surface area contributed by atoms with Crippen LogP contribution in [0, 0.1) is 5.92 Å². The summed E-state index contributed by atoms with van der Waals surface area (Å²) >= 11 is 0. The molecule has 1 N–H and O–H groups in total. The van der Waals surface area contributed by atoms with Crippen LogP contribution in [0.1, 0.15) is 40.0 Å². The molecule has 1 saturated heterocycles. The van der Waals surface area contributed by atoms with Crippen LogP contribution in [-0.4, -0.2) is 36.5 Å². The van der Waals surface area contributed by atoms with Crippen LogP contribution in [-0.2, 0) is 4.79 Å². The van der Waals surface area contributed by atoms with E-state index in [1.807, 2.05) is 11.9 Å². The summed E-state index contributed by atoms with van der Waals surface area (Å²) in [5.41, 5.74) is -0.0832. The highest BCUT2D eigenvalue weighted by molar-refractivity contribution is 5.77.